The zero-order chi connectivity index (χ0) is 16.4. The number of carbonyl (C=O) groups excluding carboxylic acids is 1. The highest BCUT2D eigenvalue weighted by molar-refractivity contribution is 5.85. The number of aromatic nitrogens is 2. The lowest BCUT2D eigenvalue weighted by Gasteiger charge is -2.23. The van der Waals surface area contributed by atoms with Crippen molar-refractivity contribution in [2.45, 2.75) is 19.4 Å². The SMILES string of the molecule is COCCN1CCC2(CCN(Cc3cc(=O)[nH]c(=O)[nH]3)C2)C1=O. The summed E-state index contributed by atoms with van der Waals surface area (Å²) in [4.78, 5) is 44.2. The molecule has 0 aromatic carbocycles. The highest BCUT2D eigenvalue weighted by Crippen LogP contribution is 2.40. The number of nitrogens with zero attached hydrogens (tertiary/aromatic N) is 2. The van der Waals surface area contributed by atoms with Gasteiger partial charge in [-0.3, -0.25) is 19.5 Å². The van der Waals surface area contributed by atoms with Gasteiger partial charge in [0.25, 0.3) is 5.56 Å². The van der Waals surface area contributed by atoms with E-state index in [0.29, 0.717) is 31.9 Å². The van der Waals surface area contributed by atoms with Crippen molar-refractivity contribution in [3.05, 3.63) is 32.6 Å². The number of hydrogen-bond donors (Lipinski definition) is 2. The molecule has 1 amide bonds. The summed E-state index contributed by atoms with van der Waals surface area (Å²) in [6.45, 7) is 3.91. The number of rotatable bonds is 5. The summed E-state index contributed by atoms with van der Waals surface area (Å²) in [5.74, 6) is 0.205. The van der Waals surface area contributed by atoms with Gasteiger partial charge in [-0.05, 0) is 19.4 Å². The number of ether oxygens (including phenoxy) is 1. The highest BCUT2D eigenvalue weighted by Gasteiger charge is 2.50. The summed E-state index contributed by atoms with van der Waals surface area (Å²) in [6, 6.07) is 1.40. The van der Waals surface area contributed by atoms with Crippen LogP contribution in [0.15, 0.2) is 15.7 Å². The van der Waals surface area contributed by atoms with Crippen LogP contribution in [0.3, 0.4) is 0 Å². The number of carbonyl (C=O) groups is 1. The fourth-order valence-corrected chi connectivity index (χ4v) is 3.63. The third-order valence-corrected chi connectivity index (χ3v) is 4.81. The second kappa shape index (κ2) is 6.29. The van der Waals surface area contributed by atoms with Crippen LogP contribution in [0, 0.1) is 5.41 Å². The van der Waals surface area contributed by atoms with Gasteiger partial charge < -0.3 is 14.6 Å². The fraction of sp³-hybridized carbons (Fsp3) is 0.667. The largest absolute Gasteiger partial charge is 0.383 e. The molecule has 1 aromatic heterocycles. The zero-order valence-electron chi connectivity index (χ0n) is 13.3. The number of aromatic amines is 2. The Labute approximate surface area is 133 Å². The molecule has 0 bridgehead atoms. The second-order valence-corrected chi connectivity index (χ2v) is 6.39. The van der Waals surface area contributed by atoms with E-state index in [1.54, 1.807) is 7.11 Å². The van der Waals surface area contributed by atoms with Crippen molar-refractivity contribution in [1.82, 2.24) is 19.8 Å². The van der Waals surface area contributed by atoms with E-state index in [0.717, 1.165) is 25.9 Å². The van der Waals surface area contributed by atoms with Gasteiger partial charge in [0.1, 0.15) is 0 Å². The number of likely N-dealkylation sites (tertiary alicyclic amines) is 2. The Hall–Kier alpha value is -1.93. The third-order valence-electron chi connectivity index (χ3n) is 4.81. The molecule has 8 heteroatoms. The first-order valence-electron chi connectivity index (χ1n) is 7.86. The summed E-state index contributed by atoms with van der Waals surface area (Å²) in [5.41, 5.74) is -0.628. The van der Waals surface area contributed by atoms with E-state index >= 15 is 0 Å². The van der Waals surface area contributed by atoms with Crippen LogP contribution in [0.2, 0.25) is 0 Å². The number of methoxy groups -OCH3 is 1. The maximum Gasteiger partial charge on any atom is 0.325 e. The van der Waals surface area contributed by atoms with Gasteiger partial charge in [-0.15, -0.1) is 0 Å². The molecule has 1 unspecified atom stereocenters. The van der Waals surface area contributed by atoms with Crippen LogP contribution >= 0.6 is 0 Å². The highest BCUT2D eigenvalue weighted by atomic mass is 16.5. The van der Waals surface area contributed by atoms with E-state index in [9.17, 15) is 14.4 Å². The number of amides is 1. The lowest BCUT2D eigenvalue weighted by molar-refractivity contribution is -0.136. The molecule has 1 atom stereocenters. The number of hydrogen-bond acceptors (Lipinski definition) is 5. The molecule has 0 radical (unpaired) electrons. The lowest BCUT2D eigenvalue weighted by Crippen LogP contribution is -2.38. The van der Waals surface area contributed by atoms with Gasteiger partial charge in [0.05, 0.1) is 12.0 Å². The van der Waals surface area contributed by atoms with Gasteiger partial charge in [-0.1, -0.05) is 0 Å². The Bertz CT molecular complexity index is 669. The average molecular weight is 322 g/mol. The summed E-state index contributed by atoms with van der Waals surface area (Å²) in [7, 11) is 1.63. The standard InChI is InChI=1S/C15H22N4O4/c1-23-7-6-19-5-3-15(13(19)21)2-4-18(10-15)9-11-8-12(20)17-14(22)16-11/h8H,2-7,9-10H2,1H3,(H2,16,17,20,22). The molecule has 1 aromatic rings. The Morgan fingerprint density at radius 3 is 2.74 bits per heavy atom. The van der Waals surface area contributed by atoms with Crippen LogP contribution in [-0.2, 0) is 16.1 Å². The van der Waals surface area contributed by atoms with Crippen molar-refractivity contribution < 1.29 is 9.53 Å². The molecule has 2 aliphatic rings. The van der Waals surface area contributed by atoms with E-state index in [-0.39, 0.29) is 11.3 Å². The molecule has 0 aliphatic carbocycles. The molecule has 3 rings (SSSR count). The smallest absolute Gasteiger partial charge is 0.325 e. The first-order valence-corrected chi connectivity index (χ1v) is 7.86. The molecule has 2 fully saturated rings. The molecule has 2 aliphatic heterocycles. The molecule has 23 heavy (non-hydrogen) atoms. The predicted octanol–water partition coefficient (Wildman–Crippen LogP) is -0.866. The summed E-state index contributed by atoms with van der Waals surface area (Å²) >= 11 is 0. The first-order chi connectivity index (χ1) is 11.0. The van der Waals surface area contributed by atoms with E-state index in [2.05, 4.69) is 14.9 Å². The molecule has 8 nitrogen and oxygen atoms in total. The van der Waals surface area contributed by atoms with E-state index < -0.39 is 11.2 Å². The molecular formula is C15H22N4O4. The topological polar surface area (TPSA) is 98.5 Å². The van der Waals surface area contributed by atoms with E-state index in [1.807, 2.05) is 4.90 Å². The quantitative estimate of drug-likeness (QED) is 0.734. The van der Waals surface area contributed by atoms with Gasteiger partial charge in [0, 0.05) is 45.0 Å². The fourth-order valence-electron chi connectivity index (χ4n) is 3.63. The van der Waals surface area contributed by atoms with E-state index in [4.69, 9.17) is 4.74 Å². The summed E-state index contributed by atoms with van der Waals surface area (Å²) < 4.78 is 5.06. The summed E-state index contributed by atoms with van der Waals surface area (Å²) in [5, 5.41) is 0. The molecule has 3 heterocycles. The van der Waals surface area contributed by atoms with Gasteiger partial charge in [-0.2, -0.15) is 0 Å². The minimum absolute atomic E-state index is 0.205. The van der Waals surface area contributed by atoms with Crippen LogP contribution in [0.1, 0.15) is 18.5 Å². The number of H-pyrrole nitrogens is 2. The van der Waals surface area contributed by atoms with Crippen molar-refractivity contribution in [2.75, 3.05) is 39.9 Å². The first kappa shape index (κ1) is 15.9. The average Bonchev–Trinajstić information content (AvgIpc) is 3.02. The minimum Gasteiger partial charge on any atom is -0.383 e. The van der Waals surface area contributed by atoms with Crippen LogP contribution in [-0.4, -0.2) is 65.6 Å². The van der Waals surface area contributed by atoms with Gasteiger partial charge in [-0.25, -0.2) is 4.79 Å². The third kappa shape index (κ3) is 3.23. The monoisotopic (exact) mass is 322 g/mol. The molecule has 0 saturated carbocycles. The van der Waals surface area contributed by atoms with Crippen molar-refractivity contribution in [3.63, 3.8) is 0 Å². The Balaban J connectivity index is 1.65. The predicted molar refractivity (Wildman–Crippen MR) is 83.1 cm³/mol. The van der Waals surface area contributed by atoms with E-state index in [1.165, 1.54) is 6.07 Å². The van der Waals surface area contributed by atoms with Gasteiger partial charge in [0.15, 0.2) is 0 Å². The van der Waals surface area contributed by atoms with Crippen LogP contribution in [0.4, 0.5) is 0 Å². The van der Waals surface area contributed by atoms with Crippen molar-refractivity contribution in [1.29, 1.82) is 0 Å². The Kier molecular flexibility index (Phi) is 4.36. The van der Waals surface area contributed by atoms with Crippen molar-refractivity contribution in [2.24, 2.45) is 5.41 Å². The maximum absolute atomic E-state index is 12.7. The molecule has 1 spiro atoms. The Morgan fingerprint density at radius 1 is 1.22 bits per heavy atom. The molecule has 2 saturated heterocycles. The van der Waals surface area contributed by atoms with Gasteiger partial charge >= 0.3 is 5.69 Å². The number of nitrogens with one attached hydrogen (secondary N) is 2. The molecular weight excluding hydrogens is 300 g/mol. The minimum atomic E-state index is -0.496. The van der Waals surface area contributed by atoms with Gasteiger partial charge in [0.2, 0.25) is 5.91 Å². The van der Waals surface area contributed by atoms with Crippen molar-refractivity contribution >= 4 is 5.91 Å². The van der Waals surface area contributed by atoms with Crippen LogP contribution in [0.25, 0.3) is 0 Å². The van der Waals surface area contributed by atoms with Crippen molar-refractivity contribution in [3.8, 4) is 0 Å². The lowest BCUT2D eigenvalue weighted by atomic mass is 9.85. The molecule has 126 valence electrons. The second-order valence-electron chi connectivity index (χ2n) is 6.39. The zero-order valence-corrected chi connectivity index (χ0v) is 13.3. The van der Waals surface area contributed by atoms with Crippen LogP contribution < -0.4 is 11.2 Å². The normalized spacial score (nSPS) is 24.9. The Morgan fingerprint density at radius 2 is 2.00 bits per heavy atom. The summed E-state index contributed by atoms with van der Waals surface area (Å²) in [6.07, 6.45) is 1.68. The maximum atomic E-state index is 12.7. The van der Waals surface area contributed by atoms with Crippen LogP contribution in [0.5, 0.6) is 0 Å². The molecule has 2 N–H and O–H groups in total.